The zero-order valence-corrected chi connectivity index (χ0v) is 12.4. The van der Waals surface area contributed by atoms with Crippen molar-refractivity contribution >= 4 is 11.7 Å². The van der Waals surface area contributed by atoms with Gasteiger partial charge in [0, 0.05) is 18.3 Å². The molecule has 1 atom stereocenters. The molecule has 4 nitrogen and oxygen atoms in total. The summed E-state index contributed by atoms with van der Waals surface area (Å²) in [6.45, 7) is 4.32. The quantitative estimate of drug-likeness (QED) is 0.840. The summed E-state index contributed by atoms with van der Waals surface area (Å²) in [7, 11) is 2.18. The molecule has 0 bridgehead atoms. The minimum atomic E-state index is -0.258. The van der Waals surface area contributed by atoms with E-state index < -0.39 is 0 Å². The van der Waals surface area contributed by atoms with E-state index in [2.05, 4.69) is 17.3 Å². The van der Waals surface area contributed by atoms with Crippen LogP contribution in [-0.4, -0.2) is 43.7 Å². The van der Waals surface area contributed by atoms with Crippen LogP contribution >= 0.6 is 0 Å². The van der Waals surface area contributed by atoms with Crippen molar-refractivity contribution in [3.8, 4) is 0 Å². The molecular formula is C16H24N2O2. The van der Waals surface area contributed by atoms with Crippen LogP contribution in [0.15, 0.2) is 24.3 Å². The van der Waals surface area contributed by atoms with Crippen LogP contribution in [0.5, 0.6) is 0 Å². The van der Waals surface area contributed by atoms with Gasteiger partial charge < -0.3 is 15.0 Å². The normalized spacial score (nSPS) is 19.6. The molecule has 1 heterocycles. The molecule has 0 radical (unpaired) electrons. The fraction of sp³-hybridized carbons (Fsp3) is 0.562. The minimum Gasteiger partial charge on any atom is -0.462 e. The number of carbonyl (C=O) groups is 1. The average molecular weight is 276 g/mol. The van der Waals surface area contributed by atoms with Crippen molar-refractivity contribution in [1.82, 2.24) is 4.90 Å². The van der Waals surface area contributed by atoms with Gasteiger partial charge in [-0.2, -0.15) is 0 Å². The Hall–Kier alpha value is -1.55. The molecule has 4 heteroatoms. The third kappa shape index (κ3) is 3.97. The lowest BCUT2D eigenvalue weighted by atomic mass is 10.0. The fourth-order valence-corrected chi connectivity index (χ4v) is 2.61. The van der Waals surface area contributed by atoms with Crippen LogP contribution in [0.2, 0.25) is 0 Å². The molecule has 0 aliphatic carbocycles. The van der Waals surface area contributed by atoms with E-state index in [1.165, 1.54) is 25.8 Å². The van der Waals surface area contributed by atoms with Crippen molar-refractivity contribution in [2.75, 3.05) is 32.1 Å². The second-order valence-electron chi connectivity index (χ2n) is 5.31. The first-order chi connectivity index (χ1) is 9.70. The molecule has 1 saturated heterocycles. The van der Waals surface area contributed by atoms with Gasteiger partial charge in [-0.1, -0.05) is 12.5 Å². The third-order valence-corrected chi connectivity index (χ3v) is 3.84. The molecule has 0 aromatic heterocycles. The van der Waals surface area contributed by atoms with E-state index in [-0.39, 0.29) is 5.97 Å². The number of benzene rings is 1. The lowest BCUT2D eigenvalue weighted by molar-refractivity contribution is 0.0526. The number of anilines is 1. The summed E-state index contributed by atoms with van der Waals surface area (Å²) in [5.74, 6) is -0.258. The highest BCUT2D eigenvalue weighted by atomic mass is 16.5. The number of nitrogens with zero attached hydrogens (tertiary/aromatic N) is 1. The zero-order chi connectivity index (χ0) is 14.4. The Morgan fingerprint density at radius 3 is 3.05 bits per heavy atom. The maximum Gasteiger partial charge on any atom is 0.338 e. The van der Waals surface area contributed by atoms with Gasteiger partial charge in [0.15, 0.2) is 0 Å². The molecule has 1 aromatic carbocycles. The Morgan fingerprint density at radius 2 is 2.30 bits per heavy atom. The molecule has 2 rings (SSSR count). The molecule has 0 saturated carbocycles. The predicted molar refractivity (Wildman–Crippen MR) is 81.2 cm³/mol. The monoisotopic (exact) mass is 276 g/mol. The van der Waals surface area contributed by atoms with Gasteiger partial charge in [-0.05, 0) is 51.6 Å². The number of hydrogen-bond donors (Lipinski definition) is 1. The summed E-state index contributed by atoms with van der Waals surface area (Å²) < 4.78 is 5.02. The number of ether oxygens (including phenoxy) is 1. The lowest BCUT2D eigenvalue weighted by Crippen LogP contribution is -2.40. The van der Waals surface area contributed by atoms with Gasteiger partial charge in [0.25, 0.3) is 0 Å². The molecule has 1 unspecified atom stereocenters. The molecule has 1 aromatic rings. The number of likely N-dealkylation sites (tertiary alicyclic amines) is 1. The van der Waals surface area contributed by atoms with Gasteiger partial charge >= 0.3 is 5.97 Å². The second-order valence-corrected chi connectivity index (χ2v) is 5.31. The SMILES string of the molecule is CCOC(=O)c1cccc(NCC2CCCCN2C)c1. The van der Waals surface area contributed by atoms with E-state index in [1.807, 2.05) is 25.1 Å². The van der Waals surface area contributed by atoms with Crippen molar-refractivity contribution in [2.45, 2.75) is 32.2 Å². The van der Waals surface area contributed by atoms with Gasteiger partial charge in [0.05, 0.1) is 12.2 Å². The van der Waals surface area contributed by atoms with Crippen LogP contribution in [0.25, 0.3) is 0 Å². The predicted octanol–water partition coefficient (Wildman–Crippen LogP) is 2.76. The summed E-state index contributed by atoms with van der Waals surface area (Å²) in [4.78, 5) is 14.1. The number of piperidine rings is 1. The van der Waals surface area contributed by atoms with Crippen LogP contribution in [0, 0.1) is 0 Å². The van der Waals surface area contributed by atoms with Crippen molar-refractivity contribution < 1.29 is 9.53 Å². The number of rotatable bonds is 5. The van der Waals surface area contributed by atoms with Crippen LogP contribution in [0.4, 0.5) is 5.69 Å². The standard InChI is InChI=1S/C16H24N2O2/c1-3-20-16(19)13-7-6-8-14(11-13)17-12-15-9-4-5-10-18(15)2/h6-8,11,15,17H,3-5,9-10,12H2,1-2H3. The number of hydrogen-bond acceptors (Lipinski definition) is 4. The van der Waals surface area contributed by atoms with E-state index in [9.17, 15) is 4.79 Å². The first-order valence-electron chi connectivity index (χ1n) is 7.42. The highest BCUT2D eigenvalue weighted by molar-refractivity contribution is 5.90. The molecule has 1 fully saturated rings. The van der Waals surface area contributed by atoms with Crippen LogP contribution in [-0.2, 0) is 4.74 Å². The first-order valence-corrected chi connectivity index (χ1v) is 7.42. The van der Waals surface area contributed by atoms with Crippen molar-refractivity contribution in [2.24, 2.45) is 0 Å². The molecular weight excluding hydrogens is 252 g/mol. The summed E-state index contributed by atoms with van der Waals surface area (Å²) >= 11 is 0. The fourth-order valence-electron chi connectivity index (χ4n) is 2.61. The van der Waals surface area contributed by atoms with Crippen LogP contribution in [0.1, 0.15) is 36.5 Å². The average Bonchev–Trinajstić information content (AvgIpc) is 2.47. The van der Waals surface area contributed by atoms with E-state index in [4.69, 9.17) is 4.74 Å². The smallest absolute Gasteiger partial charge is 0.338 e. The first kappa shape index (κ1) is 14.9. The van der Waals surface area contributed by atoms with Gasteiger partial charge in [-0.25, -0.2) is 4.79 Å². The van der Waals surface area contributed by atoms with Crippen LogP contribution < -0.4 is 5.32 Å². The minimum absolute atomic E-state index is 0.258. The summed E-state index contributed by atoms with van der Waals surface area (Å²) in [5.41, 5.74) is 1.59. The number of esters is 1. The zero-order valence-electron chi connectivity index (χ0n) is 12.4. The van der Waals surface area contributed by atoms with E-state index in [0.29, 0.717) is 18.2 Å². The Bertz CT molecular complexity index is 448. The van der Waals surface area contributed by atoms with E-state index in [0.717, 1.165) is 12.2 Å². The van der Waals surface area contributed by atoms with E-state index >= 15 is 0 Å². The molecule has 0 amide bonds. The number of nitrogens with one attached hydrogen (secondary N) is 1. The number of carbonyl (C=O) groups excluding carboxylic acids is 1. The van der Waals surface area contributed by atoms with Crippen LogP contribution in [0.3, 0.4) is 0 Å². The Morgan fingerprint density at radius 1 is 1.45 bits per heavy atom. The largest absolute Gasteiger partial charge is 0.462 e. The molecule has 110 valence electrons. The van der Waals surface area contributed by atoms with Crippen molar-refractivity contribution in [3.63, 3.8) is 0 Å². The maximum absolute atomic E-state index is 11.7. The van der Waals surface area contributed by atoms with E-state index in [1.54, 1.807) is 6.07 Å². The highest BCUT2D eigenvalue weighted by Gasteiger charge is 2.18. The number of likely N-dealkylation sites (N-methyl/N-ethyl adjacent to an activating group) is 1. The van der Waals surface area contributed by atoms with Gasteiger partial charge in [0.1, 0.15) is 0 Å². The summed E-state index contributed by atoms with van der Waals surface area (Å²) in [6, 6.07) is 8.11. The molecule has 0 spiro atoms. The Balaban J connectivity index is 1.92. The Kier molecular flexibility index (Phi) is 5.41. The van der Waals surface area contributed by atoms with Gasteiger partial charge in [0.2, 0.25) is 0 Å². The highest BCUT2D eigenvalue weighted by Crippen LogP contribution is 2.17. The molecule has 1 aliphatic rings. The van der Waals surface area contributed by atoms with Gasteiger partial charge in [-0.15, -0.1) is 0 Å². The summed E-state index contributed by atoms with van der Waals surface area (Å²) in [6.07, 6.45) is 3.84. The molecule has 20 heavy (non-hydrogen) atoms. The van der Waals surface area contributed by atoms with Crippen molar-refractivity contribution in [3.05, 3.63) is 29.8 Å². The van der Waals surface area contributed by atoms with Gasteiger partial charge in [-0.3, -0.25) is 0 Å². The van der Waals surface area contributed by atoms with Crippen molar-refractivity contribution in [1.29, 1.82) is 0 Å². The third-order valence-electron chi connectivity index (χ3n) is 3.84. The maximum atomic E-state index is 11.7. The second kappa shape index (κ2) is 7.29. The molecule has 1 aliphatic heterocycles. The summed E-state index contributed by atoms with van der Waals surface area (Å²) in [5, 5.41) is 3.43. The topological polar surface area (TPSA) is 41.6 Å². The lowest BCUT2D eigenvalue weighted by Gasteiger charge is -2.32. The Labute approximate surface area is 121 Å². The molecule has 1 N–H and O–H groups in total.